The topological polar surface area (TPSA) is 73.3 Å². The van der Waals surface area contributed by atoms with Crippen molar-refractivity contribution in [3.05, 3.63) is 41.7 Å². The van der Waals surface area contributed by atoms with Gasteiger partial charge in [-0.25, -0.2) is 14.8 Å². The molecule has 6 nitrogen and oxygen atoms in total. The van der Waals surface area contributed by atoms with Gasteiger partial charge in [-0.1, -0.05) is 19.4 Å². The molecule has 0 spiro atoms. The molecule has 1 aromatic heterocycles. The summed E-state index contributed by atoms with van der Waals surface area (Å²) in [5, 5.41) is 2.67. The lowest BCUT2D eigenvalue weighted by atomic mass is 10.3. The first-order chi connectivity index (χ1) is 11.1. The molecule has 1 amide bonds. The number of benzene rings is 1. The first-order valence-corrected chi connectivity index (χ1v) is 7.61. The van der Waals surface area contributed by atoms with Gasteiger partial charge in [0.2, 0.25) is 0 Å². The molecule has 1 aromatic carbocycles. The van der Waals surface area contributed by atoms with Gasteiger partial charge in [0.25, 0.3) is 0 Å². The average molecular weight is 315 g/mol. The van der Waals surface area contributed by atoms with Crippen LogP contribution in [-0.2, 0) is 4.74 Å². The predicted octanol–water partition coefficient (Wildman–Crippen LogP) is 4.23. The number of hydrogen-bond donors (Lipinski definition) is 1. The zero-order chi connectivity index (χ0) is 16.7. The van der Waals surface area contributed by atoms with E-state index in [0.717, 1.165) is 24.2 Å². The number of ether oxygens (including phenoxy) is 2. The lowest BCUT2D eigenvalue weighted by Crippen LogP contribution is -2.14. The number of nitrogens with one attached hydrogen (secondary N) is 1. The van der Waals surface area contributed by atoms with E-state index in [1.807, 2.05) is 26.8 Å². The van der Waals surface area contributed by atoms with Crippen molar-refractivity contribution in [1.82, 2.24) is 9.97 Å². The zero-order valence-electron chi connectivity index (χ0n) is 13.6. The molecule has 2 rings (SSSR count). The van der Waals surface area contributed by atoms with Gasteiger partial charge in [-0.2, -0.15) is 0 Å². The van der Waals surface area contributed by atoms with Crippen molar-refractivity contribution >= 4 is 11.8 Å². The Morgan fingerprint density at radius 1 is 1.17 bits per heavy atom. The fraction of sp³-hybridized carbons (Fsp3) is 0.353. The van der Waals surface area contributed by atoms with Crippen molar-refractivity contribution in [2.24, 2.45) is 0 Å². The molecule has 0 aliphatic carbocycles. The Kier molecular flexibility index (Phi) is 5.91. The van der Waals surface area contributed by atoms with E-state index in [1.165, 1.54) is 0 Å². The third kappa shape index (κ3) is 5.58. The third-order valence-electron chi connectivity index (χ3n) is 2.98. The van der Waals surface area contributed by atoms with Crippen molar-refractivity contribution in [3.8, 4) is 11.8 Å². The Bertz CT molecular complexity index is 654. The number of amides is 1. The number of unbranched alkanes of at least 4 members (excludes halogenated alkanes) is 1. The zero-order valence-corrected chi connectivity index (χ0v) is 13.6. The van der Waals surface area contributed by atoms with E-state index in [9.17, 15) is 4.79 Å². The van der Waals surface area contributed by atoms with E-state index >= 15 is 0 Å². The normalized spacial score (nSPS) is 10.2. The van der Waals surface area contributed by atoms with Crippen LogP contribution < -0.4 is 10.1 Å². The van der Waals surface area contributed by atoms with Crippen LogP contribution in [0.4, 0.5) is 10.5 Å². The van der Waals surface area contributed by atoms with E-state index in [2.05, 4.69) is 15.3 Å². The molecule has 0 saturated carbocycles. The van der Waals surface area contributed by atoms with Gasteiger partial charge in [0.05, 0.1) is 6.61 Å². The van der Waals surface area contributed by atoms with E-state index < -0.39 is 6.09 Å². The molecule has 0 atom stereocenters. The van der Waals surface area contributed by atoms with Gasteiger partial charge in [-0.05, 0) is 38.5 Å². The maximum atomic E-state index is 11.6. The highest BCUT2D eigenvalue weighted by Gasteiger charge is 2.06. The van der Waals surface area contributed by atoms with Crippen molar-refractivity contribution < 1.29 is 14.3 Å². The molecule has 0 fully saturated rings. The van der Waals surface area contributed by atoms with Crippen LogP contribution in [0.25, 0.3) is 0 Å². The van der Waals surface area contributed by atoms with E-state index in [-0.39, 0.29) is 6.01 Å². The molecule has 122 valence electrons. The summed E-state index contributed by atoms with van der Waals surface area (Å²) in [6, 6.07) is 9.16. The van der Waals surface area contributed by atoms with Crippen molar-refractivity contribution in [1.29, 1.82) is 0 Å². The number of anilines is 1. The molecule has 1 N–H and O–H groups in total. The first-order valence-electron chi connectivity index (χ1n) is 7.61. The minimum Gasteiger partial charge on any atom is -0.449 e. The molecule has 0 aliphatic heterocycles. The van der Waals surface area contributed by atoms with E-state index in [4.69, 9.17) is 9.47 Å². The summed E-state index contributed by atoms with van der Waals surface area (Å²) >= 11 is 0. The van der Waals surface area contributed by atoms with Gasteiger partial charge >= 0.3 is 12.1 Å². The van der Waals surface area contributed by atoms with Crippen LogP contribution >= 0.6 is 0 Å². The number of nitrogens with zero attached hydrogens (tertiary/aromatic N) is 2. The van der Waals surface area contributed by atoms with Crippen molar-refractivity contribution in [2.45, 2.75) is 33.6 Å². The van der Waals surface area contributed by atoms with Gasteiger partial charge in [0.1, 0.15) is 5.75 Å². The minimum atomic E-state index is -0.474. The Balaban J connectivity index is 2.00. The van der Waals surface area contributed by atoms with Crippen LogP contribution in [0.1, 0.15) is 31.2 Å². The number of carbonyl (C=O) groups is 1. The number of aryl methyl sites for hydroxylation is 2. The van der Waals surface area contributed by atoms with Crippen LogP contribution in [-0.4, -0.2) is 22.7 Å². The summed E-state index contributed by atoms with van der Waals surface area (Å²) in [6.07, 6.45) is 1.35. The van der Waals surface area contributed by atoms with Gasteiger partial charge in [0.15, 0.2) is 0 Å². The highest BCUT2D eigenvalue weighted by atomic mass is 16.5. The SMILES string of the molecule is CCCCOC(=O)Nc1cccc(Oc2nc(C)cc(C)n2)c1. The Hall–Kier alpha value is -2.63. The summed E-state index contributed by atoms with van der Waals surface area (Å²) < 4.78 is 10.7. The van der Waals surface area contributed by atoms with Crippen LogP contribution in [0.2, 0.25) is 0 Å². The first kappa shape index (κ1) is 16.7. The third-order valence-corrected chi connectivity index (χ3v) is 2.98. The Morgan fingerprint density at radius 3 is 2.61 bits per heavy atom. The molecular weight excluding hydrogens is 294 g/mol. The lowest BCUT2D eigenvalue weighted by molar-refractivity contribution is 0.160. The summed E-state index contributed by atoms with van der Waals surface area (Å²) in [4.78, 5) is 20.1. The molecular formula is C17H21N3O3. The molecule has 0 bridgehead atoms. The monoisotopic (exact) mass is 315 g/mol. The van der Waals surface area contributed by atoms with Gasteiger partial charge < -0.3 is 9.47 Å². The molecule has 2 aromatic rings. The molecule has 0 aliphatic rings. The fourth-order valence-electron chi connectivity index (χ4n) is 1.95. The van der Waals surface area contributed by atoms with Gasteiger partial charge in [-0.3, -0.25) is 5.32 Å². The Morgan fingerprint density at radius 2 is 1.91 bits per heavy atom. The second-order valence-corrected chi connectivity index (χ2v) is 5.18. The second kappa shape index (κ2) is 8.12. The van der Waals surface area contributed by atoms with Crippen LogP contribution in [0.15, 0.2) is 30.3 Å². The van der Waals surface area contributed by atoms with Crippen molar-refractivity contribution in [2.75, 3.05) is 11.9 Å². The minimum absolute atomic E-state index is 0.283. The predicted molar refractivity (Wildman–Crippen MR) is 87.9 cm³/mol. The summed E-state index contributed by atoms with van der Waals surface area (Å²) in [5.74, 6) is 0.543. The molecule has 0 unspecified atom stereocenters. The second-order valence-electron chi connectivity index (χ2n) is 5.18. The summed E-state index contributed by atoms with van der Waals surface area (Å²) in [6.45, 7) is 6.21. The number of aromatic nitrogens is 2. The van der Waals surface area contributed by atoms with Gasteiger partial charge in [-0.15, -0.1) is 0 Å². The maximum Gasteiger partial charge on any atom is 0.411 e. The maximum absolute atomic E-state index is 11.6. The standard InChI is InChI=1S/C17H21N3O3/c1-4-5-9-22-17(21)20-14-7-6-8-15(11-14)23-16-18-12(2)10-13(3)19-16/h6-8,10-11H,4-5,9H2,1-3H3,(H,20,21). The smallest absolute Gasteiger partial charge is 0.411 e. The Labute approximate surface area is 135 Å². The highest BCUT2D eigenvalue weighted by Crippen LogP contribution is 2.22. The molecule has 1 heterocycles. The van der Waals surface area contributed by atoms with E-state index in [1.54, 1.807) is 24.3 Å². The fourth-order valence-corrected chi connectivity index (χ4v) is 1.95. The largest absolute Gasteiger partial charge is 0.449 e. The van der Waals surface area contributed by atoms with Gasteiger partial charge in [0, 0.05) is 23.1 Å². The lowest BCUT2D eigenvalue weighted by Gasteiger charge is -2.09. The molecule has 23 heavy (non-hydrogen) atoms. The summed E-state index contributed by atoms with van der Waals surface area (Å²) in [5.41, 5.74) is 2.26. The highest BCUT2D eigenvalue weighted by molar-refractivity contribution is 5.84. The van der Waals surface area contributed by atoms with Crippen molar-refractivity contribution in [3.63, 3.8) is 0 Å². The quantitative estimate of drug-likeness (QED) is 0.807. The molecule has 0 radical (unpaired) electrons. The van der Waals surface area contributed by atoms with Crippen LogP contribution in [0.3, 0.4) is 0 Å². The number of rotatable bonds is 6. The van der Waals surface area contributed by atoms with Crippen LogP contribution in [0.5, 0.6) is 11.8 Å². The number of carbonyl (C=O) groups excluding carboxylic acids is 1. The summed E-state index contributed by atoms with van der Waals surface area (Å²) in [7, 11) is 0. The molecule has 0 saturated heterocycles. The van der Waals surface area contributed by atoms with E-state index in [0.29, 0.717) is 18.0 Å². The van der Waals surface area contributed by atoms with Crippen LogP contribution in [0, 0.1) is 13.8 Å². The average Bonchev–Trinajstić information content (AvgIpc) is 2.46. The molecule has 6 heteroatoms. The number of hydrogen-bond acceptors (Lipinski definition) is 5.